The van der Waals surface area contributed by atoms with E-state index < -0.39 is 24.7 Å². The highest BCUT2D eigenvalue weighted by atomic mass is 28.4. The lowest BCUT2D eigenvalue weighted by molar-refractivity contribution is 0.258. The fraction of sp³-hybridized carbons (Fsp3) is 0.700. The predicted octanol–water partition coefficient (Wildman–Crippen LogP) is 13.7. The van der Waals surface area contributed by atoms with E-state index in [0.717, 1.165) is 17.1 Å². The minimum atomic E-state index is -1.65. The molecule has 0 spiro atoms. The first-order chi connectivity index (χ1) is 21.5. The SMILES string of the molecule is C.CCOc1cc(C)cc(OCC)c1.CC[Si](C)(CC)CC.CC[Si](CC)(CC)CC.CO[Si](C)(C)OC.Cc1cc(C)cc(C)c1. The van der Waals surface area contributed by atoms with Crippen molar-refractivity contribution in [3.8, 4) is 11.5 Å². The Morgan fingerprint density at radius 1 is 0.447 bits per heavy atom. The second-order valence-corrected chi connectivity index (χ2v) is 28.3. The summed E-state index contributed by atoms with van der Waals surface area (Å²) in [5.74, 6) is 1.76. The fourth-order valence-corrected chi connectivity index (χ4v) is 9.42. The molecule has 0 aliphatic carbocycles. The third kappa shape index (κ3) is 26.2. The van der Waals surface area contributed by atoms with Gasteiger partial charge in [-0.3, -0.25) is 0 Å². The smallest absolute Gasteiger partial charge is 0.331 e. The van der Waals surface area contributed by atoms with Gasteiger partial charge in [0.05, 0.1) is 21.3 Å². The van der Waals surface area contributed by atoms with E-state index in [1.165, 1.54) is 59.0 Å². The average Bonchev–Trinajstić information content (AvgIpc) is 3.03. The molecule has 278 valence electrons. The highest BCUT2D eigenvalue weighted by Gasteiger charge is 2.23. The van der Waals surface area contributed by atoms with Crippen molar-refractivity contribution in [2.24, 2.45) is 0 Å². The maximum atomic E-state index is 5.39. The van der Waals surface area contributed by atoms with Gasteiger partial charge >= 0.3 is 8.56 Å². The van der Waals surface area contributed by atoms with Gasteiger partial charge in [-0.2, -0.15) is 0 Å². The van der Waals surface area contributed by atoms with E-state index in [-0.39, 0.29) is 7.43 Å². The second kappa shape index (κ2) is 29.5. The van der Waals surface area contributed by atoms with Crippen molar-refractivity contribution in [3.63, 3.8) is 0 Å². The van der Waals surface area contributed by atoms with Crippen LogP contribution < -0.4 is 9.47 Å². The maximum Gasteiger partial charge on any atom is 0.331 e. The summed E-state index contributed by atoms with van der Waals surface area (Å²) in [6, 6.07) is 22.8. The van der Waals surface area contributed by atoms with E-state index >= 15 is 0 Å². The maximum absolute atomic E-state index is 5.39. The lowest BCUT2D eigenvalue weighted by Crippen LogP contribution is -2.31. The lowest BCUT2D eigenvalue weighted by atomic mass is 10.1. The summed E-state index contributed by atoms with van der Waals surface area (Å²) in [7, 11) is 0.339. The molecule has 0 aliphatic rings. The summed E-state index contributed by atoms with van der Waals surface area (Å²) >= 11 is 0. The van der Waals surface area contributed by atoms with Gasteiger partial charge in [0, 0.05) is 28.4 Å². The van der Waals surface area contributed by atoms with Crippen molar-refractivity contribution in [3.05, 3.63) is 58.7 Å². The monoisotopic (exact) mass is 711 g/mol. The number of aryl methyl sites for hydroxylation is 4. The Labute approximate surface area is 299 Å². The molecule has 0 bridgehead atoms. The minimum Gasteiger partial charge on any atom is -0.494 e. The first kappa shape index (κ1) is 52.4. The zero-order valence-electron chi connectivity index (χ0n) is 34.0. The van der Waals surface area contributed by atoms with Crippen molar-refractivity contribution in [2.75, 3.05) is 27.4 Å². The molecule has 47 heavy (non-hydrogen) atoms. The van der Waals surface area contributed by atoms with Crippen LogP contribution in [0.3, 0.4) is 0 Å². The number of hydrogen-bond acceptors (Lipinski definition) is 4. The zero-order valence-corrected chi connectivity index (χ0v) is 37.0. The van der Waals surface area contributed by atoms with Gasteiger partial charge in [-0.1, -0.05) is 140 Å². The molecule has 0 amide bonds. The Morgan fingerprint density at radius 3 is 0.872 bits per heavy atom. The van der Waals surface area contributed by atoms with Gasteiger partial charge < -0.3 is 18.3 Å². The van der Waals surface area contributed by atoms with Gasteiger partial charge in [0.2, 0.25) is 0 Å². The lowest BCUT2D eigenvalue weighted by Gasteiger charge is -2.25. The molecule has 0 heterocycles. The number of rotatable bonds is 13. The largest absolute Gasteiger partial charge is 0.494 e. The van der Waals surface area contributed by atoms with Crippen molar-refractivity contribution in [1.82, 2.24) is 0 Å². The quantitative estimate of drug-likeness (QED) is 0.194. The van der Waals surface area contributed by atoms with E-state index in [1.807, 2.05) is 52.1 Å². The van der Waals surface area contributed by atoms with Crippen LogP contribution in [-0.4, -0.2) is 52.1 Å². The van der Waals surface area contributed by atoms with Gasteiger partial charge in [-0.05, 0) is 72.3 Å². The number of benzene rings is 2. The summed E-state index contributed by atoms with van der Waals surface area (Å²) in [6.45, 7) is 36.7. The summed E-state index contributed by atoms with van der Waals surface area (Å²) < 4.78 is 20.8. The Balaban J connectivity index is -0.000000249. The van der Waals surface area contributed by atoms with Crippen LogP contribution in [0.15, 0.2) is 36.4 Å². The molecule has 2 aromatic rings. The van der Waals surface area contributed by atoms with Crippen LogP contribution >= 0.6 is 0 Å². The summed E-state index contributed by atoms with van der Waals surface area (Å²) in [5, 5.41) is 0. The van der Waals surface area contributed by atoms with E-state index in [1.54, 1.807) is 14.2 Å². The summed E-state index contributed by atoms with van der Waals surface area (Å²) in [4.78, 5) is 0. The molecule has 4 nitrogen and oxygen atoms in total. The van der Waals surface area contributed by atoms with Gasteiger partial charge in [0.15, 0.2) is 0 Å². The Kier molecular flexibility index (Phi) is 32.9. The van der Waals surface area contributed by atoms with E-state index in [9.17, 15) is 0 Å². The Hall–Kier alpha value is -1.39. The Morgan fingerprint density at radius 2 is 0.723 bits per heavy atom. The highest BCUT2D eigenvalue weighted by Crippen LogP contribution is 2.24. The van der Waals surface area contributed by atoms with Crippen LogP contribution in [0.25, 0.3) is 0 Å². The zero-order chi connectivity index (χ0) is 36.4. The molecule has 0 radical (unpaired) electrons. The third-order valence-electron chi connectivity index (χ3n) is 9.56. The van der Waals surface area contributed by atoms with Crippen LogP contribution in [0, 0.1) is 27.7 Å². The molecule has 0 aliphatic heterocycles. The van der Waals surface area contributed by atoms with Crippen molar-refractivity contribution >= 4 is 24.7 Å². The van der Waals surface area contributed by atoms with E-state index in [4.69, 9.17) is 18.3 Å². The third-order valence-corrected chi connectivity index (χ3v) is 22.6. The standard InChI is InChI=1S/C11H16O2.C9H12.C8H20Si.C7H18Si.C4H12O2Si.CH4/c1-4-12-10-6-9(3)7-11(8-10)13-5-2;1-7-4-8(2)6-9(3)5-7;1-5-9(6-2,7-3)8-4;1-5-8(4,6-2)7-3;1-5-7(3,4)6-2;/h6-8H,4-5H2,1-3H3;4-6H,1-3H3;5-8H2,1-4H3;5-7H2,1-4H3;1-4H3;1H4. The number of ether oxygens (including phenoxy) is 2. The summed E-state index contributed by atoms with van der Waals surface area (Å²) in [6.07, 6.45) is 0. The molecule has 0 atom stereocenters. The summed E-state index contributed by atoms with van der Waals surface area (Å²) in [5.41, 5.74) is 5.22. The van der Waals surface area contributed by atoms with E-state index in [0.29, 0.717) is 13.2 Å². The minimum absolute atomic E-state index is 0. The molecular formula is C40H82O4Si3. The van der Waals surface area contributed by atoms with Crippen LogP contribution in [0.2, 0.25) is 61.9 Å². The van der Waals surface area contributed by atoms with Crippen molar-refractivity contribution < 1.29 is 18.3 Å². The average molecular weight is 711 g/mol. The fourth-order valence-electron chi connectivity index (χ4n) is 4.75. The molecule has 2 rings (SSSR count). The van der Waals surface area contributed by atoms with Crippen LogP contribution in [-0.2, 0) is 8.85 Å². The topological polar surface area (TPSA) is 36.9 Å². The van der Waals surface area contributed by atoms with Gasteiger partial charge in [-0.25, -0.2) is 0 Å². The van der Waals surface area contributed by atoms with Crippen LogP contribution in [0.5, 0.6) is 11.5 Å². The van der Waals surface area contributed by atoms with Crippen LogP contribution in [0.1, 0.15) is 92.0 Å². The molecule has 0 unspecified atom stereocenters. The highest BCUT2D eigenvalue weighted by molar-refractivity contribution is 6.79. The molecular weight excluding hydrogens is 629 g/mol. The van der Waals surface area contributed by atoms with Crippen molar-refractivity contribution in [2.45, 2.75) is 159 Å². The molecule has 0 N–H and O–H groups in total. The molecule has 7 heteroatoms. The van der Waals surface area contributed by atoms with Crippen LogP contribution in [0.4, 0.5) is 0 Å². The van der Waals surface area contributed by atoms with Gasteiger partial charge in [-0.15, -0.1) is 0 Å². The van der Waals surface area contributed by atoms with Crippen molar-refractivity contribution in [1.29, 1.82) is 0 Å². The predicted molar refractivity (Wildman–Crippen MR) is 223 cm³/mol. The number of hydrogen-bond donors (Lipinski definition) is 0. The van der Waals surface area contributed by atoms with E-state index in [2.05, 4.69) is 94.0 Å². The first-order valence-electron chi connectivity index (χ1n) is 18.0. The molecule has 0 saturated carbocycles. The Bertz CT molecular complexity index is 896. The van der Waals surface area contributed by atoms with Gasteiger partial charge in [0.25, 0.3) is 0 Å². The second-order valence-electron chi connectivity index (χ2n) is 13.1. The van der Waals surface area contributed by atoms with Gasteiger partial charge in [0.1, 0.15) is 11.5 Å². The molecule has 0 aromatic heterocycles. The normalized spacial score (nSPS) is 10.7. The first-order valence-corrected chi connectivity index (χ1v) is 26.8. The molecule has 0 fully saturated rings. The molecule has 2 aromatic carbocycles. The molecule has 0 saturated heterocycles.